The highest BCUT2D eigenvalue weighted by atomic mass is 79.9. The number of benzene rings is 2. The highest BCUT2D eigenvalue weighted by molar-refractivity contribution is 9.10. The third-order valence-electron chi connectivity index (χ3n) is 4.06. The van der Waals surface area contributed by atoms with Gasteiger partial charge in [0.05, 0.1) is 6.61 Å². The van der Waals surface area contributed by atoms with E-state index in [0.29, 0.717) is 18.0 Å². The van der Waals surface area contributed by atoms with E-state index in [-0.39, 0.29) is 11.8 Å². The topological polar surface area (TPSA) is 59.1 Å². The van der Waals surface area contributed by atoms with Crippen molar-refractivity contribution in [3.63, 3.8) is 0 Å². The second-order valence-corrected chi connectivity index (χ2v) is 7.36. The van der Waals surface area contributed by atoms with Crippen LogP contribution in [0.2, 0.25) is 0 Å². The summed E-state index contributed by atoms with van der Waals surface area (Å²) in [6.07, 6.45) is -1.82. The summed E-state index contributed by atoms with van der Waals surface area (Å²) in [5, 5.41) is 5.64. The molecule has 158 valence electrons. The molecule has 0 amide bonds. The van der Waals surface area contributed by atoms with Gasteiger partial charge in [-0.1, -0.05) is 35.3 Å². The molecule has 0 saturated carbocycles. The van der Waals surface area contributed by atoms with Crippen molar-refractivity contribution < 1.29 is 17.9 Å². The highest BCUT2D eigenvalue weighted by Crippen LogP contribution is 2.35. The van der Waals surface area contributed by atoms with Crippen molar-refractivity contribution in [3.05, 3.63) is 64.8 Å². The molecule has 0 aliphatic carbocycles. The van der Waals surface area contributed by atoms with Crippen LogP contribution in [0.3, 0.4) is 0 Å². The molecule has 3 aromatic rings. The van der Waals surface area contributed by atoms with Crippen LogP contribution in [-0.4, -0.2) is 16.6 Å². The summed E-state index contributed by atoms with van der Waals surface area (Å²) in [6, 6.07) is 13.9. The van der Waals surface area contributed by atoms with E-state index in [1.165, 1.54) is 0 Å². The fourth-order valence-corrected chi connectivity index (χ4v) is 2.94. The van der Waals surface area contributed by atoms with Crippen LogP contribution in [0.5, 0.6) is 5.75 Å². The molecule has 0 bridgehead atoms. The molecule has 1 heterocycles. The van der Waals surface area contributed by atoms with E-state index < -0.39 is 11.7 Å². The van der Waals surface area contributed by atoms with Gasteiger partial charge in [0.15, 0.2) is 0 Å². The van der Waals surface area contributed by atoms with Gasteiger partial charge in [-0.3, -0.25) is 0 Å². The van der Waals surface area contributed by atoms with Gasteiger partial charge in [-0.05, 0) is 48.9 Å². The van der Waals surface area contributed by atoms with Gasteiger partial charge in [0.25, 0.3) is 0 Å². The number of aromatic nitrogens is 2. The number of nitrogens with zero attached hydrogens (tertiary/aromatic N) is 2. The van der Waals surface area contributed by atoms with Gasteiger partial charge in [-0.2, -0.15) is 18.2 Å². The van der Waals surface area contributed by atoms with Crippen LogP contribution in [0.25, 0.3) is 0 Å². The predicted octanol–water partition coefficient (Wildman–Crippen LogP) is 6.92. The number of hydrogen-bond acceptors (Lipinski definition) is 5. The average Bonchev–Trinajstić information content (AvgIpc) is 2.69. The fraction of sp³-hybridized carbons (Fsp3) is 0.238. The van der Waals surface area contributed by atoms with E-state index in [2.05, 4.69) is 43.5 Å². The molecule has 5 nitrogen and oxygen atoms in total. The number of alkyl halides is 3. The minimum atomic E-state index is -4.59. The van der Waals surface area contributed by atoms with Gasteiger partial charge in [-0.25, -0.2) is 4.98 Å². The Bertz CT molecular complexity index is 981. The SMILES string of the molecule is CCCCOc1ccc(Nc2ncc(C(F)(F)F)c(Nc3cccc(Br)c3)n2)cc1. The van der Waals surface area contributed by atoms with Crippen molar-refractivity contribution in [3.8, 4) is 5.75 Å². The van der Waals surface area contributed by atoms with Crippen LogP contribution in [0.15, 0.2) is 59.2 Å². The monoisotopic (exact) mass is 480 g/mol. The second-order valence-electron chi connectivity index (χ2n) is 6.44. The van der Waals surface area contributed by atoms with E-state index >= 15 is 0 Å². The van der Waals surface area contributed by atoms with Crippen LogP contribution < -0.4 is 15.4 Å². The highest BCUT2D eigenvalue weighted by Gasteiger charge is 2.35. The minimum Gasteiger partial charge on any atom is -0.494 e. The first-order valence-electron chi connectivity index (χ1n) is 9.32. The molecule has 9 heteroatoms. The molecule has 0 aliphatic heterocycles. The fourth-order valence-electron chi connectivity index (χ4n) is 2.55. The maximum atomic E-state index is 13.4. The Hall–Kier alpha value is -2.81. The summed E-state index contributed by atoms with van der Waals surface area (Å²) in [6.45, 7) is 2.72. The Balaban J connectivity index is 1.80. The van der Waals surface area contributed by atoms with E-state index in [0.717, 1.165) is 29.3 Å². The summed E-state index contributed by atoms with van der Waals surface area (Å²) in [5.74, 6) is 0.428. The van der Waals surface area contributed by atoms with E-state index in [1.54, 1.807) is 48.5 Å². The molecule has 3 rings (SSSR count). The minimum absolute atomic E-state index is 0.0418. The number of rotatable bonds is 8. The third-order valence-corrected chi connectivity index (χ3v) is 4.55. The van der Waals surface area contributed by atoms with Crippen molar-refractivity contribution >= 4 is 39.1 Å². The van der Waals surface area contributed by atoms with Crippen LogP contribution in [0, 0.1) is 0 Å². The zero-order valence-corrected chi connectivity index (χ0v) is 17.7. The van der Waals surface area contributed by atoms with Crippen molar-refractivity contribution in [2.24, 2.45) is 0 Å². The second kappa shape index (κ2) is 9.80. The third kappa shape index (κ3) is 6.09. The van der Waals surface area contributed by atoms with Gasteiger partial charge >= 0.3 is 6.18 Å². The molecule has 0 saturated heterocycles. The number of halogens is 4. The Kier molecular flexibility index (Phi) is 7.15. The van der Waals surface area contributed by atoms with Crippen LogP contribution in [-0.2, 0) is 6.18 Å². The smallest absolute Gasteiger partial charge is 0.421 e. The lowest BCUT2D eigenvalue weighted by molar-refractivity contribution is -0.137. The summed E-state index contributed by atoms with van der Waals surface area (Å²) in [5.41, 5.74) is 0.145. The Morgan fingerprint density at radius 3 is 2.47 bits per heavy atom. The maximum Gasteiger partial charge on any atom is 0.421 e. The molecule has 0 radical (unpaired) electrons. The predicted molar refractivity (Wildman–Crippen MR) is 115 cm³/mol. The quantitative estimate of drug-likeness (QED) is 0.342. The van der Waals surface area contributed by atoms with Gasteiger partial charge in [-0.15, -0.1) is 0 Å². The molecule has 0 fully saturated rings. The van der Waals surface area contributed by atoms with Crippen molar-refractivity contribution in [2.45, 2.75) is 25.9 Å². The first-order valence-corrected chi connectivity index (χ1v) is 10.1. The molecule has 0 unspecified atom stereocenters. The molecule has 0 aliphatic rings. The Morgan fingerprint density at radius 1 is 1.03 bits per heavy atom. The Labute approximate surface area is 180 Å². The molecule has 30 heavy (non-hydrogen) atoms. The van der Waals surface area contributed by atoms with Crippen molar-refractivity contribution in [1.82, 2.24) is 9.97 Å². The molecule has 2 N–H and O–H groups in total. The molecule has 0 spiro atoms. The van der Waals surface area contributed by atoms with Gasteiger partial charge in [0.1, 0.15) is 17.1 Å². The number of unbranched alkanes of at least 4 members (excludes halogenated alkanes) is 1. The number of ether oxygens (including phenoxy) is 1. The summed E-state index contributed by atoms with van der Waals surface area (Å²) in [7, 11) is 0. The average molecular weight is 481 g/mol. The van der Waals surface area contributed by atoms with E-state index in [4.69, 9.17) is 4.74 Å². The Morgan fingerprint density at radius 2 is 1.80 bits per heavy atom. The largest absolute Gasteiger partial charge is 0.494 e. The molecular formula is C21H20BrF3N4O. The first-order chi connectivity index (χ1) is 14.3. The zero-order valence-electron chi connectivity index (χ0n) is 16.1. The molecule has 1 aromatic heterocycles. The zero-order chi connectivity index (χ0) is 21.6. The number of hydrogen-bond donors (Lipinski definition) is 2. The molecule has 0 atom stereocenters. The number of anilines is 4. The van der Waals surface area contributed by atoms with Crippen molar-refractivity contribution in [2.75, 3.05) is 17.2 Å². The van der Waals surface area contributed by atoms with Crippen molar-refractivity contribution in [1.29, 1.82) is 0 Å². The lowest BCUT2D eigenvalue weighted by Crippen LogP contribution is -2.12. The first kappa shape index (κ1) is 21.9. The summed E-state index contributed by atoms with van der Waals surface area (Å²) < 4.78 is 46.5. The normalized spacial score (nSPS) is 11.2. The maximum absolute atomic E-state index is 13.4. The lowest BCUT2D eigenvalue weighted by atomic mass is 10.2. The van der Waals surface area contributed by atoms with E-state index in [1.807, 2.05) is 0 Å². The van der Waals surface area contributed by atoms with Gasteiger partial charge in [0, 0.05) is 22.0 Å². The molecular weight excluding hydrogens is 461 g/mol. The summed E-state index contributed by atoms with van der Waals surface area (Å²) >= 11 is 3.30. The molecule has 2 aromatic carbocycles. The lowest BCUT2D eigenvalue weighted by Gasteiger charge is -2.15. The van der Waals surface area contributed by atoms with E-state index in [9.17, 15) is 13.2 Å². The van der Waals surface area contributed by atoms with Gasteiger partial charge in [0.2, 0.25) is 5.95 Å². The number of nitrogens with one attached hydrogen (secondary N) is 2. The summed E-state index contributed by atoms with van der Waals surface area (Å²) in [4.78, 5) is 7.86. The van der Waals surface area contributed by atoms with Gasteiger partial charge < -0.3 is 15.4 Å². The van der Waals surface area contributed by atoms with Crippen LogP contribution >= 0.6 is 15.9 Å². The van der Waals surface area contributed by atoms with Crippen LogP contribution in [0.1, 0.15) is 25.3 Å². The standard InChI is InChI=1S/C21H20BrF3N4O/c1-2-3-11-30-17-9-7-15(8-10-17)28-20-26-13-18(21(23,24)25)19(29-20)27-16-6-4-5-14(22)12-16/h4-10,12-13H,2-3,11H2,1H3,(H2,26,27,28,29). The van der Waals surface area contributed by atoms with Crippen LogP contribution in [0.4, 0.5) is 36.3 Å².